The SMILES string of the molecule is O=S(=O)(N[C@@H](CO)c1ccccc1)c1ccc(Cl)s1. The normalized spacial score (nSPS) is 13.4. The fourth-order valence-corrected chi connectivity index (χ4v) is 4.30. The number of hydrogen-bond acceptors (Lipinski definition) is 4. The van der Waals surface area contributed by atoms with Crippen molar-refractivity contribution in [2.24, 2.45) is 0 Å². The van der Waals surface area contributed by atoms with Crippen LogP contribution in [0.25, 0.3) is 0 Å². The number of halogens is 1. The standard InChI is InChI=1S/C12H12ClNO3S2/c13-11-6-7-12(18-11)19(16,17)14-10(8-15)9-4-2-1-3-5-9/h1-7,10,14-15H,8H2/t10-/m0/s1. The zero-order valence-electron chi connectivity index (χ0n) is 9.78. The third kappa shape index (κ3) is 3.55. The highest BCUT2D eigenvalue weighted by atomic mass is 35.5. The first kappa shape index (κ1) is 14.5. The van der Waals surface area contributed by atoms with E-state index in [1.165, 1.54) is 12.1 Å². The molecule has 0 saturated heterocycles. The van der Waals surface area contributed by atoms with E-state index in [1.807, 2.05) is 6.07 Å². The van der Waals surface area contributed by atoms with Crippen molar-refractivity contribution in [3.63, 3.8) is 0 Å². The average Bonchev–Trinajstić information content (AvgIpc) is 2.85. The molecule has 0 amide bonds. The summed E-state index contributed by atoms with van der Waals surface area (Å²) in [7, 11) is -3.67. The molecule has 1 aromatic heterocycles. The first-order valence-electron chi connectivity index (χ1n) is 5.46. The van der Waals surface area contributed by atoms with Gasteiger partial charge in [-0.25, -0.2) is 13.1 Å². The maximum absolute atomic E-state index is 12.1. The largest absolute Gasteiger partial charge is 0.394 e. The molecule has 0 aliphatic heterocycles. The van der Waals surface area contributed by atoms with Gasteiger partial charge in [0.1, 0.15) is 4.21 Å². The van der Waals surface area contributed by atoms with Gasteiger partial charge < -0.3 is 5.11 Å². The van der Waals surface area contributed by atoms with Gasteiger partial charge in [-0.2, -0.15) is 0 Å². The van der Waals surface area contributed by atoms with E-state index < -0.39 is 16.1 Å². The number of sulfonamides is 1. The number of aliphatic hydroxyl groups is 1. The maximum Gasteiger partial charge on any atom is 0.250 e. The third-order valence-electron chi connectivity index (χ3n) is 2.50. The minimum Gasteiger partial charge on any atom is -0.394 e. The molecule has 1 aromatic carbocycles. The highest BCUT2D eigenvalue weighted by Crippen LogP contribution is 2.26. The van der Waals surface area contributed by atoms with Crippen molar-refractivity contribution >= 4 is 33.0 Å². The smallest absolute Gasteiger partial charge is 0.250 e. The molecule has 7 heteroatoms. The summed E-state index contributed by atoms with van der Waals surface area (Å²) >= 11 is 6.71. The van der Waals surface area contributed by atoms with Gasteiger partial charge in [0.25, 0.3) is 10.0 Å². The molecule has 0 fully saturated rings. The molecule has 0 saturated carbocycles. The van der Waals surface area contributed by atoms with Gasteiger partial charge in [0.2, 0.25) is 0 Å². The van der Waals surface area contributed by atoms with Gasteiger partial charge in [-0.1, -0.05) is 41.9 Å². The van der Waals surface area contributed by atoms with Crippen molar-refractivity contribution in [1.82, 2.24) is 4.72 Å². The minimum atomic E-state index is -3.67. The van der Waals surface area contributed by atoms with Crippen molar-refractivity contribution in [2.45, 2.75) is 10.3 Å². The van der Waals surface area contributed by atoms with Crippen LogP contribution in [-0.4, -0.2) is 20.1 Å². The van der Waals surface area contributed by atoms with Crippen molar-refractivity contribution < 1.29 is 13.5 Å². The fourth-order valence-electron chi connectivity index (χ4n) is 1.58. The molecular formula is C12H12ClNO3S2. The van der Waals surface area contributed by atoms with E-state index in [0.717, 1.165) is 11.3 Å². The first-order valence-corrected chi connectivity index (χ1v) is 8.14. The molecule has 19 heavy (non-hydrogen) atoms. The van der Waals surface area contributed by atoms with Gasteiger partial charge in [-0.05, 0) is 17.7 Å². The van der Waals surface area contributed by atoms with Crippen LogP contribution in [-0.2, 0) is 10.0 Å². The van der Waals surface area contributed by atoms with Crippen LogP contribution in [0.3, 0.4) is 0 Å². The monoisotopic (exact) mass is 317 g/mol. The Balaban J connectivity index is 2.23. The van der Waals surface area contributed by atoms with Crippen molar-refractivity contribution in [3.05, 3.63) is 52.4 Å². The molecular weight excluding hydrogens is 306 g/mol. The second-order valence-electron chi connectivity index (χ2n) is 3.83. The van der Waals surface area contributed by atoms with Crippen molar-refractivity contribution in [3.8, 4) is 0 Å². The van der Waals surface area contributed by atoms with E-state index in [-0.39, 0.29) is 10.8 Å². The van der Waals surface area contributed by atoms with Crippen LogP contribution in [0.1, 0.15) is 11.6 Å². The summed E-state index contributed by atoms with van der Waals surface area (Å²) < 4.78 is 27.2. The maximum atomic E-state index is 12.1. The van der Waals surface area contributed by atoms with E-state index in [1.54, 1.807) is 24.3 Å². The third-order valence-corrected chi connectivity index (χ3v) is 5.69. The molecule has 0 spiro atoms. The Bertz CT molecular complexity index is 640. The average molecular weight is 318 g/mol. The molecule has 1 heterocycles. The molecule has 4 nitrogen and oxygen atoms in total. The van der Waals surface area contributed by atoms with Crippen LogP contribution in [0.5, 0.6) is 0 Å². The number of hydrogen-bond donors (Lipinski definition) is 2. The van der Waals surface area contributed by atoms with Crippen LogP contribution >= 0.6 is 22.9 Å². The van der Waals surface area contributed by atoms with Gasteiger partial charge in [0, 0.05) is 0 Å². The van der Waals surface area contributed by atoms with Crippen molar-refractivity contribution in [2.75, 3.05) is 6.61 Å². The van der Waals surface area contributed by atoms with Crippen LogP contribution in [0.4, 0.5) is 0 Å². The highest BCUT2D eigenvalue weighted by molar-refractivity contribution is 7.91. The van der Waals surface area contributed by atoms with Crippen LogP contribution in [0.2, 0.25) is 4.34 Å². The second-order valence-corrected chi connectivity index (χ2v) is 7.48. The lowest BCUT2D eigenvalue weighted by Gasteiger charge is -2.16. The van der Waals surface area contributed by atoms with E-state index in [2.05, 4.69) is 4.72 Å². The fraction of sp³-hybridized carbons (Fsp3) is 0.167. The Hall–Kier alpha value is -0.920. The molecule has 102 valence electrons. The summed E-state index contributed by atoms with van der Waals surface area (Å²) in [5.41, 5.74) is 0.705. The number of aliphatic hydroxyl groups excluding tert-OH is 1. The van der Waals surface area contributed by atoms with Crippen LogP contribution < -0.4 is 4.72 Å². The van der Waals surface area contributed by atoms with E-state index >= 15 is 0 Å². The Kier molecular flexibility index (Phi) is 4.59. The summed E-state index contributed by atoms with van der Waals surface area (Å²) in [6.07, 6.45) is 0. The number of rotatable bonds is 5. The second kappa shape index (κ2) is 6.02. The summed E-state index contributed by atoms with van der Waals surface area (Å²) in [5, 5.41) is 9.35. The molecule has 2 N–H and O–H groups in total. The lowest BCUT2D eigenvalue weighted by molar-refractivity contribution is 0.259. The van der Waals surface area contributed by atoms with Gasteiger partial charge in [-0.3, -0.25) is 0 Å². The Labute approximate surface area is 120 Å². The van der Waals surface area contributed by atoms with Crippen molar-refractivity contribution in [1.29, 1.82) is 0 Å². The molecule has 0 radical (unpaired) electrons. The number of thiophene rings is 1. The van der Waals surface area contributed by atoms with E-state index in [9.17, 15) is 13.5 Å². The molecule has 0 bridgehead atoms. The van der Waals surface area contributed by atoms with Gasteiger partial charge in [-0.15, -0.1) is 11.3 Å². The summed E-state index contributed by atoms with van der Waals surface area (Å²) in [6.45, 7) is -0.317. The lowest BCUT2D eigenvalue weighted by atomic mass is 10.1. The molecule has 0 unspecified atom stereocenters. The Morgan fingerprint density at radius 2 is 1.89 bits per heavy atom. The van der Waals surface area contributed by atoms with E-state index in [0.29, 0.717) is 9.90 Å². The summed E-state index contributed by atoms with van der Waals surface area (Å²) in [6, 6.07) is 11.2. The van der Waals surface area contributed by atoms with Gasteiger partial charge >= 0.3 is 0 Å². The summed E-state index contributed by atoms with van der Waals surface area (Å²) in [4.78, 5) is 0. The topological polar surface area (TPSA) is 66.4 Å². The highest BCUT2D eigenvalue weighted by Gasteiger charge is 2.22. The molecule has 0 aliphatic rings. The van der Waals surface area contributed by atoms with Gasteiger partial charge in [0.15, 0.2) is 0 Å². The lowest BCUT2D eigenvalue weighted by Crippen LogP contribution is -2.30. The Morgan fingerprint density at radius 3 is 2.42 bits per heavy atom. The Morgan fingerprint density at radius 1 is 1.21 bits per heavy atom. The molecule has 0 aliphatic carbocycles. The zero-order valence-corrected chi connectivity index (χ0v) is 12.2. The van der Waals surface area contributed by atoms with E-state index in [4.69, 9.17) is 11.6 Å². The quantitative estimate of drug-likeness (QED) is 0.890. The van der Waals surface area contributed by atoms with Crippen LogP contribution in [0, 0.1) is 0 Å². The van der Waals surface area contributed by atoms with Crippen LogP contribution in [0.15, 0.2) is 46.7 Å². The number of nitrogens with one attached hydrogen (secondary N) is 1. The molecule has 1 atom stereocenters. The predicted octanol–water partition coefficient (Wildman–Crippen LogP) is 2.41. The number of benzene rings is 1. The van der Waals surface area contributed by atoms with Gasteiger partial charge in [0.05, 0.1) is 17.0 Å². The minimum absolute atomic E-state index is 0.131. The zero-order chi connectivity index (χ0) is 13.9. The first-order chi connectivity index (χ1) is 9.03. The summed E-state index contributed by atoms with van der Waals surface area (Å²) in [5.74, 6) is 0. The molecule has 2 aromatic rings. The molecule has 2 rings (SSSR count). The predicted molar refractivity (Wildman–Crippen MR) is 75.9 cm³/mol.